The molecule has 6 nitrogen and oxygen atoms in total. The van der Waals surface area contributed by atoms with Crippen LogP contribution >= 0.6 is 11.3 Å². The zero-order valence-electron chi connectivity index (χ0n) is 12.4. The van der Waals surface area contributed by atoms with E-state index in [1.807, 2.05) is 17.5 Å². The van der Waals surface area contributed by atoms with Crippen molar-refractivity contribution in [2.24, 2.45) is 5.73 Å². The Morgan fingerprint density at radius 1 is 1.48 bits per heavy atom. The summed E-state index contributed by atoms with van der Waals surface area (Å²) >= 11 is 1.60. The minimum Gasteiger partial charge on any atom is -0.337 e. The van der Waals surface area contributed by atoms with Crippen molar-refractivity contribution in [2.45, 2.75) is 18.5 Å². The summed E-state index contributed by atoms with van der Waals surface area (Å²) in [5.41, 5.74) is 6.15. The topological polar surface area (TPSA) is 71.4 Å². The van der Waals surface area contributed by atoms with Gasteiger partial charge >= 0.3 is 0 Å². The van der Waals surface area contributed by atoms with Crippen LogP contribution in [0.2, 0.25) is 0 Å². The Labute approximate surface area is 128 Å². The molecule has 0 aliphatic carbocycles. The third-order valence-corrected chi connectivity index (χ3v) is 4.95. The van der Waals surface area contributed by atoms with E-state index < -0.39 is 0 Å². The third-order valence-electron chi connectivity index (χ3n) is 4.00. The molecule has 1 fully saturated rings. The van der Waals surface area contributed by atoms with Gasteiger partial charge in [0.15, 0.2) is 5.82 Å². The first-order chi connectivity index (χ1) is 10.1. The number of likely N-dealkylation sites (N-methyl/N-ethyl adjacent to an activating group) is 2. The number of piperazine rings is 1. The highest BCUT2D eigenvalue weighted by Crippen LogP contribution is 2.22. The van der Waals surface area contributed by atoms with E-state index in [1.165, 1.54) is 0 Å². The monoisotopic (exact) mass is 307 g/mol. The Morgan fingerprint density at radius 2 is 2.33 bits per heavy atom. The van der Waals surface area contributed by atoms with Gasteiger partial charge in [0.25, 0.3) is 0 Å². The molecule has 2 aromatic rings. The second kappa shape index (κ2) is 6.23. The van der Waals surface area contributed by atoms with E-state index >= 15 is 0 Å². The summed E-state index contributed by atoms with van der Waals surface area (Å²) < 4.78 is 5.34. The fourth-order valence-corrected chi connectivity index (χ4v) is 3.32. The van der Waals surface area contributed by atoms with Crippen LogP contribution in [0.15, 0.2) is 22.0 Å². The molecular formula is C14H21N5OS. The van der Waals surface area contributed by atoms with Crippen LogP contribution in [0.5, 0.6) is 0 Å². The predicted octanol–water partition coefficient (Wildman–Crippen LogP) is 0.968. The number of hydrogen-bond donors (Lipinski definition) is 1. The van der Waals surface area contributed by atoms with E-state index in [-0.39, 0.29) is 6.04 Å². The number of rotatable bonds is 4. The highest BCUT2D eigenvalue weighted by Gasteiger charge is 2.25. The molecule has 0 saturated carbocycles. The molecule has 2 N–H and O–H groups in total. The van der Waals surface area contributed by atoms with Crippen LogP contribution < -0.4 is 5.73 Å². The number of thiophene rings is 1. The van der Waals surface area contributed by atoms with Crippen LogP contribution in [0, 0.1) is 0 Å². The second-order valence-electron chi connectivity index (χ2n) is 5.64. The van der Waals surface area contributed by atoms with Crippen LogP contribution in [0.3, 0.4) is 0 Å². The summed E-state index contributed by atoms with van der Waals surface area (Å²) in [6.45, 7) is 3.20. The van der Waals surface area contributed by atoms with Crippen molar-refractivity contribution in [2.75, 3.05) is 33.7 Å². The lowest BCUT2D eigenvalue weighted by atomic mass is 10.1. The third kappa shape index (κ3) is 3.32. The minimum atomic E-state index is -0.321. The van der Waals surface area contributed by atoms with Crippen molar-refractivity contribution in [3.63, 3.8) is 0 Å². The molecule has 2 aromatic heterocycles. The average Bonchev–Trinajstić information content (AvgIpc) is 3.13. The van der Waals surface area contributed by atoms with Gasteiger partial charge < -0.3 is 20.1 Å². The molecule has 0 spiro atoms. The van der Waals surface area contributed by atoms with E-state index in [1.54, 1.807) is 11.3 Å². The van der Waals surface area contributed by atoms with Gasteiger partial charge in [-0.1, -0.05) is 11.2 Å². The van der Waals surface area contributed by atoms with Crippen molar-refractivity contribution in [1.82, 2.24) is 19.9 Å². The van der Waals surface area contributed by atoms with Gasteiger partial charge in [-0.05, 0) is 25.5 Å². The summed E-state index contributed by atoms with van der Waals surface area (Å²) in [6, 6.07) is 4.07. The molecule has 2 unspecified atom stereocenters. The highest BCUT2D eigenvalue weighted by molar-refractivity contribution is 7.10. The van der Waals surface area contributed by atoms with Crippen LogP contribution in [0.4, 0.5) is 0 Å². The van der Waals surface area contributed by atoms with Crippen molar-refractivity contribution in [3.05, 3.63) is 34.1 Å². The van der Waals surface area contributed by atoms with Gasteiger partial charge in [0.05, 0.1) is 0 Å². The van der Waals surface area contributed by atoms with E-state index in [9.17, 15) is 0 Å². The molecular weight excluding hydrogens is 286 g/mol. The fourth-order valence-electron chi connectivity index (χ4n) is 2.60. The number of nitrogens with two attached hydrogens (primary N) is 1. The molecule has 1 saturated heterocycles. The molecule has 0 amide bonds. The lowest BCUT2D eigenvalue weighted by Gasteiger charge is -2.37. The number of hydrogen-bond acceptors (Lipinski definition) is 7. The van der Waals surface area contributed by atoms with Gasteiger partial charge in [-0.3, -0.25) is 0 Å². The SMILES string of the molecule is CN1CCN(C)C(Cc2noc(C(N)c3cccs3)n2)C1. The summed E-state index contributed by atoms with van der Waals surface area (Å²) in [7, 11) is 4.30. The van der Waals surface area contributed by atoms with Crippen LogP contribution in [0.1, 0.15) is 22.6 Å². The van der Waals surface area contributed by atoms with Crippen LogP contribution in [-0.2, 0) is 6.42 Å². The van der Waals surface area contributed by atoms with Crippen molar-refractivity contribution in [3.8, 4) is 0 Å². The Morgan fingerprint density at radius 3 is 3.10 bits per heavy atom. The van der Waals surface area contributed by atoms with Gasteiger partial charge in [-0.15, -0.1) is 11.3 Å². The summed E-state index contributed by atoms with van der Waals surface area (Å²) in [5, 5.41) is 6.09. The van der Waals surface area contributed by atoms with Crippen molar-refractivity contribution >= 4 is 11.3 Å². The van der Waals surface area contributed by atoms with E-state index in [4.69, 9.17) is 10.3 Å². The zero-order chi connectivity index (χ0) is 14.8. The van der Waals surface area contributed by atoms with Crippen LogP contribution in [-0.4, -0.2) is 59.7 Å². The lowest BCUT2D eigenvalue weighted by Crippen LogP contribution is -2.50. The molecule has 0 bridgehead atoms. The summed E-state index contributed by atoms with van der Waals surface area (Å²) in [6.07, 6.45) is 0.793. The molecule has 1 aliphatic heterocycles. The molecule has 21 heavy (non-hydrogen) atoms. The maximum atomic E-state index is 6.15. The second-order valence-corrected chi connectivity index (χ2v) is 6.62. The van der Waals surface area contributed by atoms with Gasteiger partial charge in [0.2, 0.25) is 5.89 Å². The predicted molar refractivity (Wildman–Crippen MR) is 82.3 cm³/mol. The fraction of sp³-hybridized carbons (Fsp3) is 0.571. The van der Waals surface area contributed by atoms with Crippen molar-refractivity contribution in [1.29, 1.82) is 0 Å². The van der Waals surface area contributed by atoms with E-state index in [0.717, 1.165) is 36.8 Å². The Bertz CT molecular complexity index is 570. The Hall–Kier alpha value is -1.28. The molecule has 2 atom stereocenters. The van der Waals surface area contributed by atoms with Gasteiger partial charge in [0.1, 0.15) is 6.04 Å². The Kier molecular flexibility index (Phi) is 4.34. The maximum absolute atomic E-state index is 6.15. The summed E-state index contributed by atoms with van der Waals surface area (Å²) in [5.74, 6) is 1.24. The molecule has 0 aromatic carbocycles. The van der Waals surface area contributed by atoms with Gasteiger partial charge in [-0.2, -0.15) is 4.98 Å². The van der Waals surface area contributed by atoms with E-state index in [2.05, 4.69) is 34.0 Å². The zero-order valence-corrected chi connectivity index (χ0v) is 13.2. The normalized spacial score (nSPS) is 22.5. The molecule has 114 valence electrons. The lowest BCUT2D eigenvalue weighted by molar-refractivity contribution is 0.113. The smallest absolute Gasteiger partial charge is 0.248 e. The van der Waals surface area contributed by atoms with Crippen molar-refractivity contribution < 1.29 is 4.52 Å². The first-order valence-corrected chi connectivity index (χ1v) is 8.01. The molecule has 7 heteroatoms. The average molecular weight is 307 g/mol. The summed E-state index contributed by atoms with van der Waals surface area (Å²) in [4.78, 5) is 10.2. The largest absolute Gasteiger partial charge is 0.337 e. The molecule has 3 heterocycles. The highest BCUT2D eigenvalue weighted by atomic mass is 32.1. The first-order valence-electron chi connectivity index (χ1n) is 7.13. The quantitative estimate of drug-likeness (QED) is 0.907. The molecule has 1 aliphatic rings. The number of aromatic nitrogens is 2. The Balaban J connectivity index is 1.67. The maximum Gasteiger partial charge on any atom is 0.248 e. The van der Waals surface area contributed by atoms with E-state index in [0.29, 0.717) is 11.9 Å². The first kappa shape index (κ1) is 14.6. The van der Waals surface area contributed by atoms with Gasteiger partial charge in [-0.25, -0.2) is 0 Å². The molecule has 3 rings (SSSR count). The molecule has 0 radical (unpaired) electrons. The minimum absolute atomic E-state index is 0.321. The van der Waals surface area contributed by atoms with Crippen LogP contribution in [0.25, 0.3) is 0 Å². The standard InChI is InChI=1S/C14H21N5OS/c1-18-5-6-19(2)10(9-18)8-12-16-14(20-17-12)13(15)11-4-3-7-21-11/h3-4,7,10,13H,5-6,8-9,15H2,1-2H3. The number of nitrogens with zero attached hydrogens (tertiary/aromatic N) is 4. The van der Waals surface area contributed by atoms with Gasteiger partial charge in [0, 0.05) is 37.0 Å².